The fourth-order valence-corrected chi connectivity index (χ4v) is 2.77. The SMILES string of the molecule is CC(=O)Nc1ccc(Cl)c(NCC(=O)Nc2ccccc2Oc2ccccc2)c1. The maximum Gasteiger partial charge on any atom is 0.243 e. The molecule has 0 unspecified atom stereocenters. The van der Waals surface area contributed by atoms with E-state index in [4.69, 9.17) is 16.3 Å². The van der Waals surface area contributed by atoms with E-state index in [-0.39, 0.29) is 18.4 Å². The Morgan fingerprint density at radius 3 is 2.38 bits per heavy atom. The molecule has 0 aliphatic heterocycles. The van der Waals surface area contributed by atoms with Crippen LogP contribution in [0, 0.1) is 0 Å². The van der Waals surface area contributed by atoms with E-state index >= 15 is 0 Å². The molecule has 0 aliphatic carbocycles. The Hall–Kier alpha value is -3.51. The molecule has 3 N–H and O–H groups in total. The Kier molecular flexibility index (Phi) is 6.71. The van der Waals surface area contributed by atoms with Gasteiger partial charge in [0.25, 0.3) is 0 Å². The van der Waals surface area contributed by atoms with E-state index in [2.05, 4.69) is 16.0 Å². The lowest BCUT2D eigenvalue weighted by atomic mass is 10.2. The van der Waals surface area contributed by atoms with Crippen molar-refractivity contribution in [2.24, 2.45) is 0 Å². The molecule has 3 aromatic carbocycles. The third kappa shape index (κ3) is 5.99. The second-order valence-electron chi connectivity index (χ2n) is 6.19. The zero-order valence-corrected chi connectivity index (χ0v) is 16.5. The summed E-state index contributed by atoms with van der Waals surface area (Å²) < 4.78 is 5.85. The molecular weight excluding hydrogens is 390 g/mol. The van der Waals surface area contributed by atoms with Crippen LogP contribution in [0.1, 0.15) is 6.92 Å². The number of anilines is 3. The molecule has 0 spiro atoms. The lowest BCUT2D eigenvalue weighted by molar-refractivity contribution is -0.115. The quantitative estimate of drug-likeness (QED) is 0.504. The molecule has 0 heterocycles. The lowest BCUT2D eigenvalue weighted by Crippen LogP contribution is -2.22. The number of para-hydroxylation sites is 3. The minimum Gasteiger partial charge on any atom is -0.455 e. The molecule has 0 fully saturated rings. The molecule has 29 heavy (non-hydrogen) atoms. The van der Waals surface area contributed by atoms with Gasteiger partial charge in [-0.25, -0.2) is 0 Å². The van der Waals surface area contributed by atoms with Crippen molar-refractivity contribution in [2.75, 3.05) is 22.5 Å². The van der Waals surface area contributed by atoms with Gasteiger partial charge in [0.1, 0.15) is 5.75 Å². The van der Waals surface area contributed by atoms with Crippen molar-refractivity contribution in [1.29, 1.82) is 0 Å². The summed E-state index contributed by atoms with van der Waals surface area (Å²) in [4.78, 5) is 23.6. The molecule has 0 saturated carbocycles. The molecule has 3 aromatic rings. The lowest BCUT2D eigenvalue weighted by Gasteiger charge is -2.14. The number of carbonyl (C=O) groups is 2. The molecule has 3 rings (SSSR count). The normalized spacial score (nSPS) is 10.1. The molecule has 0 atom stereocenters. The van der Waals surface area contributed by atoms with Crippen LogP contribution in [-0.4, -0.2) is 18.4 Å². The third-order valence-electron chi connectivity index (χ3n) is 3.86. The first-order valence-electron chi connectivity index (χ1n) is 8.94. The fourth-order valence-electron chi connectivity index (χ4n) is 2.59. The van der Waals surface area contributed by atoms with Crippen LogP contribution in [0.3, 0.4) is 0 Å². The third-order valence-corrected chi connectivity index (χ3v) is 4.19. The Bertz CT molecular complexity index is 1010. The van der Waals surface area contributed by atoms with Crippen molar-refractivity contribution >= 4 is 40.5 Å². The summed E-state index contributed by atoms with van der Waals surface area (Å²) in [5.74, 6) is 0.757. The largest absolute Gasteiger partial charge is 0.455 e. The van der Waals surface area contributed by atoms with Crippen molar-refractivity contribution in [1.82, 2.24) is 0 Å². The number of hydrogen-bond acceptors (Lipinski definition) is 4. The van der Waals surface area contributed by atoms with Crippen LogP contribution >= 0.6 is 11.6 Å². The number of benzene rings is 3. The summed E-state index contributed by atoms with van der Waals surface area (Å²) in [7, 11) is 0. The molecule has 148 valence electrons. The summed E-state index contributed by atoms with van der Waals surface area (Å²) in [6, 6.07) is 21.5. The van der Waals surface area contributed by atoms with Gasteiger partial charge in [0, 0.05) is 12.6 Å². The van der Waals surface area contributed by atoms with Gasteiger partial charge < -0.3 is 20.7 Å². The van der Waals surface area contributed by atoms with E-state index in [1.165, 1.54) is 6.92 Å². The van der Waals surface area contributed by atoms with Crippen molar-refractivity contribution in [3.8, 4) is 11.5 Å². The van der Waals surface area contributed by atoms with Gasteiger partial charge in [-0.3, -0.25) is 9.59 Å². The van der Waals surface area contributed by atoms with E-state index in [1.807, 2.05) is 42.5 Å². The number of ether oxygens (including phenoxy) is 1. The Morgan fingerprint density at radius 1 is 0.897 bits per heavy atom. The van der Waals surface area contributed by atoms with Gasteiger partial charge in [-0.05, 0) is 42.5 Å². The zero-order chi connectivity index (χ0) is 20.6. The zero-order valence-electron chi connectivity index (χ0n) is 15.7. The monoisotopic (exact) mass is 409 g/mol. The first-order chi connectivity index (χ1) is 14.0. The van der Waals surface area contributed by atoms with E-state index in [0.29, 0.717) is 33.6 Å². The van der Waals surface area contributed by atoms with Gasteiger partial charge >= 0.3 is 0 Å². The summed E-state index contributed by atoms with van der Waals surface area (Å²) in [6.45, 7) is 1.41. The van der Waals surface area contributed by atoms with E-state index < -0.39 is 0 Å². The molecule has 0 radical (unpaired) electrons. The van der Waals surface area contributed by atoms with Crippen LogP contribution in [0.2, 0.25) is 5.02 Å². The molecule has 0 bridgehead atoms. The van der Waals surface area contributed by atoms with Crippen LogP contribution in [0.5, 0.6) is 11.5 Å². The molecular formula is C22H20ClN3O3. The number of halogens is 1. The Labute approximate surface area is 173 Å². The standard InChI is InChI=1S/C22H20ClN3O3/c1-15(27)25-16-11-12-18(23)20(13-16)24-14-22(28)26-19-9-5-6-10-21(19)29-17-7-3-2-4-8-17/h2-13,24H,14H2,1H3,(H,25,27)(H,26,28). The Morgan fingerprint density at radius 2 is 1.62 bits per heavy atom. The van der Waals surface area contributed by atoms with Gasteiger partial charge in [-0.1, -0.05) is 41.9 Å². The van der Waals surface area contributed by atoms with Gasteiger partial charge in [0.2, 0.25) is 11.8 Å². The maximum absolute atomic E-state index is 12.4. The van der Waals surface area contributed by atoms with Crippen LogP contribution in [0.25, 0.3) is 0 Å². The van der Waals surface area contributed by atoms with Crippen molar-refractivity contribution in [3.63, 3.8) is 0 Å². The minimum atomic E-state index is -0.268. The van der Waals surface area contributed by atoms with Gasteiger partial charge in [0.05, 0.1) is 22.9 Å². The average molecular weight is 410 g/mol. The molecule has 2 amide bonds. The molecule has 7 heteroatoms. The van der Waals surface area contributed by atoms with Crippen molar-refractivity contribution in [2.45, 2.75) is 6.92 Å². The van der Waals surface area contributed by atoms with E-state index in [9.17, 15) is 9.59 Å². The highest BCUT2D eigenvalue weighted by Gasteiger charge is 2.10. The second kappa shape index (κ2) is 9.61. The fraction of sp³-hybridized carbons (Fsp3) is 0.0909. The van der Waals surface area contributed by atoms with Crippen LogP contribution in [0.15, 0.2) is 72.8 Å². The first-order valence-corrected chi connectivity index (χ1v) is 9.32. The summed E-state index contributed by atoms with van der Waals surface area (Å²) in [5.41, 5.74) is 1.69. The topological polar surface area (TPSA) is 79.5 Å². The first kappa shape index (κ1) is 20.2. The van der Waals surface area contributed by atoms with Crippen LogP contribution in [-0.2, 0) is 9.59 Å². The molecule has 0 saturated heterocycles. The predicted octanol–water partition coefficient (Wildman–Crippen LogP) is 5.14. The van der Waals surface area contributed by atoms with Crippen LogP contribution in [0.4, 0.5) is 17.1 Å². The number of amides is 2. The molecule has 0 aromatic heterocycles. The van der Waals surface area contributed by atoms with E-state index in [1.54, 1.807) is 30.3 Å². The predicted molar refractivity (Wildman–Crippen MR) is 116 cm³/mol. The Balaban J connectivity index is 1.64. The number of rotatable bonds is 7. The molecule has 6 nitrogen and oxygen atoms in total. The van der Waals surface area contributed by atoms with Gasteiger partial charge in [-0.15, -0.1) is 0 Å². The average Bonchev–Trinajstić information content (AvgIpc) is 2.70. The summed E-state index contributed by atoms with van der Waals surface area (Å²) >= 11 is 6.17. The van der Waals surface area contributed by atoms with Crippen LogP contribution < -0.4 is 20.7 Å². The smallest absolute Gasteiger partial charge is 0.243 e. The van der Waals surface area contributed by atoms with Gasteiger partial charge in [0.15, 0.2) is 5.75 Å². The van der Waals surface area contributed by atoms with Crippen molar-refractivity contribution in [3.05, 3.63) is 77.8 Å². The summed E-state index contributed by atoms with van der Waals surface area (Å²) in [6.07, 6.45) is 0. The highest BCUT2D eigenvalue weighted by molar-refractivity contribution is 6.33. The van der Waals surface area contributed by atoms with E-state index in [0.717, 1.165) is 0 Å². The van der Waals surface area contributed by atoms with Gasteiger partial charge in [-0.2, -0.15) is 0 Å². The maximum atomic E-state index is 12.4. The highest BCUT2D eigenvalue weighted by Crippen LogP contribution is 2.29. The number of hydrogen-bond donors (Lipinski definition) is 3. The number of carbonyl (C=O) groups excluding carboxylic acids is 2. The highest BCUT2D eigenvalue weighted by atomic mass is 35.5. The second-order valence-corrected chi connectivity index (χ2v) is 6.60. The molecule has 0 aliphatic rings. The number of nitrogens with one attached hydrogen (secondary N) is 3. The van der Waals surface area contributed by atoms with Crippen molar-refractivity contribution < 1.29 is 14.3 Å². The minimum absolute atomic E-state index is 0.0110. The summed E-state index contributed by atoms with van der Waals surface area (Å²) in [5, 5.41) is 8.93.